The molecule has 108 valence electrons. The fourth-order valence-corrected chi connectivity index (χ4v) is 2.30. The van der Waals surface area contributed by atoms with Crippen LogP contribution in [0.25, 0.3) is 0 Å². The molecular formula is C13H17N3O3S. The number of aliphatic hydroxyl groups is 1. The Morgan fingerprint density at radius 2 is 2.20 bits per heavy atom. The number of nitrogens with zero attached hydrogens (tertiary/aromatic N) is 1. The molecule has 1 fully saturated rings. The van der Waals surface area contributed by atoms with Gasteiger partial charge in [0.15, 0.2) is 0 Å². The second-order valence-corrected chi connectivity index (χ2v) is 5.24. The summed E-state index contributed by atoms with van der Waals surface area (Å²) in [5.41, 5.74) is 0.731. The molecule has 1 aliphatic heterocycles. The average molecular weight is 295 g/mol. The van der Waals surface area contributed by atoms with Crippen molar-refractivity contribution in [2.75, 3.05) is 25.9 Å². The molecule has 1 aliphatic rings. The molecular weight excluding hydrogens is 278 g/mol. The SMILES string of the molecule is CSc1ccc(C(O)CNC(=O)N2CCNC2=O)cc1. The number of urea groups is 2. The van der Waals surface area contributed by atoms with Crippen molar-refractivity contribution >= 4 is 23.8 Å². The predicted octanol–water partition coefficient (Wildman–Crippen LogP) is 1.18. The molecule has 3 N–H and O–H groups in total. The number of aliphatic hydroxyl groups excluding tert-OH is 1. The van der Waals surface area contributed by atoms with E-state index in [1.165, 1.54) is 0 Å². The molecule has 0 radical (unpaired) electrons. The molecule has 1 saturated heterocycles. The third-order valence-corrected chi connectivity index (χ3v) is 3.79. The van der Waals surface area contributed by atoms with Crippen LogP contribution in [0.15, 0.2) is 29.2 Å². The largest absolute Gasteiger partial charge is 0.387 e. The van der Waals surface area contributed by atoms with Crippen LogP contribution in [0.5, 0.6) is 0 Å². The molecule has 2 rings (SSSR count). The number of hydrogen-bond acceptors (Lipinski definition) is 4. The highest BCUT2D eigenvalue weighted by Crippen LogP contribution is 2.18. The van der Waals surface area contributed by atoms with Crippen LogP contribution in [0.4, 0.5) is 9.59 Å². The lowest BCUT2D eigenvalue weighted by atomic mass is 10.1. The molecule has 20 heavy (non-hydrogen) atoms. The highest BCUT2D eigenvalue weighted by atomic mass is 32.2. The first-order valence-corrected chi connectivity index (χ1v) is 7.49. The van der Waals surface area contributed by atoms with Gasteiger partial charge in [0.1, 0.15) is 0 Å². The zero-order valence-corrected chi connectivity index (χ0v) is 11.9. The Labute approximate surface area is 121 Å². The van der Waals surface area contributed by atoms with Crippen LogP contribution in [0.2, 0.25) is 0 Å². The summed E-state index contributed by atoms with van der Waals surface area (Å²) < 4.78 is 0. The molecule has 1 aromatic rings. The summed E-state index contributed by atoms with van der Waals surface area (Å²) in [6.45, 7) is 0.884. The van der Waals surface area contributed by atoms with E-state index in [0.29, 0.717) is 13.1 Å². The van der Waals surface area contributed by atoms with Gasteiger partial charge in [-0.15, -0.1) is 11.8 Å². The van der Waals surface area contributed by atoms with Gasteiger partial charge in [-0.1, -0.05) is 12.1 Å². The van der Waals surface area contributed by atoms with Gasteiger partial charge in [0, 0.05) is 24.5 Å². The minimum Gasteiger partial charge on any atom is -0.387 e. The summed E-state index contributed by atoms with van der Waals surface area (Å²) in [5, 5.41) is 15.1. The Morgan fingerprint density at radius 1 is 1.50 bits per heavy atom. The van der Waals surface area contributed by atoms with Gasteiger partial charge < -0.3 is 15.7 Å². The predicted molar refractivity (Wildman–Crippen MR) is 76.7 cm³/mol. The van der Waals surface area contributed by atoms with Crippen molar-refractivity contribution in [1.29, 1.82) is 0 Å². The maximum absolute atomic E-state index is 11.7. The lowest BCUT2D eigenvalue weighted by molar-refractivity contribution is 0.165. The second kappa shape index (κ2) is 6.62. The molecule has 0 aromatic heterocycles. The van der Waals surface area contributed by atoms with Crippen LogP contribution >= 0.6 is 11.8 Å². The average Bonchev–Trinajstić information content (AvgIpc) is 2.90. The molecule has 0 saturated carbocycles. The van der Waals surface area contributed by atoms with E-state index in [2.05, 4.69) is 10.6 Å². The minimum atomic E-state index is -0.791. The quantitative estimate of drug-likeness (QED) is 0.729. The van der Waals surface area contributed by atoms with Crippen molar-refractivity contribution in [3.8, 4) is 0 Å². The monoisotopic (exact) mass is 295 g/mol. The van der Waals surface area contributed by atoms with E-state index in [0.717, 1.165) is 15.4 Å². The second-order valence-electron chi connectivity index (χ2n) is 4.36. The Bertz CT molecular complexity index is 492. The van der Waals surface area contributed by atoms with Crippen LogP contribution in [0.1, 0.15) is 11.7 Å². The highest BCUT2D eigenvalue weighted by Gasteiger charge is 2.26. The molecule has 1 unspecified atom stereocenters. The van der Waals surface area contributed by atoms with Gasteiger partial charge in [0.05, 0.1) is 6.10 Å². The van der Waals surface area contributed by atoms with Gasteiger partial charge in [-0.2, -0.15) is 0 Å². The van der Waals surface area contributed by atoms with Crippen molar-refractivity contribution in [3.05, 3.63) is 29.8 Å². The summed E-state index contributed by atoms with van der Waals surface area (Å²) in [6.07, 6.45) is 1.19. The summed E-state index contributed by atoms with van der Waals surface area (Å²) in [4.78, 5) is 25.2. The van der Waals surface area contributed by atoms with Gasteiger partial charge in [-0.05, 0) is 24.0 Å². The fraction of sp³-hybridized carbons (Fsp3) is 0.385. The topological polar surface area (TPSA) is 81.7 Å². The number of nitrogens with one attached hydrogen (secondary N) is 2. The molecule has 7 heteroatoms. The third kappa shape index (κ3) is 3.43. The van der Waals surface area contributed by atoms with E-state index >= 15 is 0 Å². The van der Waals surface area contributed by atoms with Gasteiger partial charge >= 0.3 is 12.1 Å². The fourth-order valence-electron chi connectivity index (χ4n) is 1.89. The van der Waals surface area contributed by atoms with E-state index in [4.69, 9.17) is 0 Å². The molecule has 0 aliphatic carbocycles. The Hall–Kier alpha value is -1.73. The molecule has 1 aromatic carbocycles. The van der Waals surface area contributed by atoms with Gasteiger partial charge in [-0.25, -0.2) is 14.5 Å². The van der Waals surface area contributed by atoms with Crippen molar-refractivity contribution in [1.82, 2.24) is 15.5 Å². The Morgan fingerprint density at radius 3 is 2.75 bits per heavy atom. The van der Waals surface area contributed by atoms with Gasteiger partial charge in [0.2, 0.25) is 0 Å². The van der Waals surface area contributed by atoms with E-state index in [9.17, 15) is 14.7 Å². The zero-order chi connectivity index (χ0) is 14.5. The smallest absolute Gasteiger partial charge is 0.325 e. The first-order valence-electron chi connectivity index (χ1n) is 6.27. The molecule has 0 spiro atoms. The van der Waals surface area contributed by atoms with E-state index in [1.807, 2.05) is 30.5 Å². The number of carbonyl (C=O) groups is 2. The Balaban J connectivity index is 1.86. The number of thioether (sulfide) groups is 1. The van der Waals surface area contributed by atoms with Crippen LogP contribution in [0, 0.1) is 0 Å². The maximum Gasteiger partial charge on any atom is 0.325 e. The number of benzene rings is 1. The Kier molecular flexibility index (Phi) is 4.86. The number of hydrogen-bond donors (Lipinski definition) is 3. The lowest BCUT2D eigenvalue weighted by Crippen LogP contribution is -2.43. The maximum atomic E-state index is 11.7. The summed E-state index contributed by atoms with van der Waals surface area (Å²) in [5.74, 6) is 0. The van der Waals surface area contributed by atoms with Crippen LogP contribution in [-0.2, 0) is 0 Å². The highest BCUT2D eigenvalue weighted by molar-refractivity contribution is 7.98. The first-order chi connectivity index (χ1) is 9.61. The normalized spacial score (nSPS) is 15.9. The van der Waals surface area contributed by atoms with Crippen LogP contribution in [-0.4, -0.2) is 48.0 Å². The number of carbonyl (C=O) groups excluding carboxylic acids is 2. The van der Waals surface area contributed by atoms with Crippen molar-refractivity contribution in [2.45, 2.75) is 11.0 Å². The minimum absolute atomic E-state index is 0.0707. The van der Waals surface area contributed by atoms with Gasteiger partial charge in [0.25, 0.3) is 0 Å². The molecule has 6 nitrogen and oxygen atoms in total. The first kappa shape index (κ1) is 14.7. The lowest BCUT2D eigenvalue weighted by Gasteiger charge is -2.16. The molecule has 0 bridgehead atoms. The standard InChI is InChI=1S/C13H17N3O3S/c1-20-10-4-2-9(3-5-10)11(17)8-15-13(19)16-7-6-14-12(16)18/h2-5,11,17H,6-8H2,1H3,(H,14,18)(H,15,19). The number of rotatable bonds is 4. The van der Waals surface area contributed by atoms with Crippen LogP contribution < -0.4 is 10.6 Å². The number of imide groups is 1. The van der Waals surface area contributed by atoms with Crippen molar-refractivity contribution in [2.24, 2.45) is 0 Å². The summed E-state index contributed by atoms with van der Waals surface area (Å²) in [6, 6.07) is 6.59. The molecule has 1 atom stereocenters. The van der Waals surface area contributed by atoms with Crippen molar-refractivity contribution < 1.29 is 14.7 Å². The van der Waals surface area contributed by atoms with Gasteiger partial charge in [-0.3, -0.25) is 0 Å². The van der Waals surface area contributed by atoms with E-state index < -0.39 is 18.2 Å². The summed E-state index contributed by atoms with van der Waals surface area (Å²) in [7, 11) is 0. The summed E-state index contributed by atoms with van der Waals surface area (Å²) >= 11 is 1.62. The third-order valence-electron chi connectivity index (χ3n) is 3.05. The zero-order valence-electron chi connectivity index (χ0n) is 11.1. The van der Waals surface area contributed by atoms with E-state index in [-0.39, 0.29) is 6.54 Å². The molecule has 1 heterocycles. The van der Waals surface area contributed by atoms with Crippen molar-refractivity contribution in [3.63, 3.8) is 0 Å². The van der Waals surface area contributed by atoms with E-state index in [1.54, 1.807) is 11.8 Å². The van der Waals surface area contributed by atoms with Crippen LogP contribution in [0.3, 0.4) is 0 Å². The number of amides is 4. The molecule has 4 amide bonds.